The molecule has 2 aromatic rings. The minimum absolute atomic E-state index is 0.131. The highest BCUT2D eigenvalue weighted by Crippen LogP contribution is 2.34. The van der Waals surface area contributed by atoms with E-state index < -0.39 is 47.1 Å². The Balaban J connectivity index is 1.93. The number of benzene rings is 2. The highest BCUT2D eigenvalue weighted by Gasteiger charge is 2.34. The Morgan fingerprint density at radius 2 is 1.58 bits per heavy atom. The number of hydrogen-bond donors (Lipinski definition) is 2. The molecule has 2 aromatic carbocycles. The number of carbonyl (C=O) groups excluding carboxylic acids is 3. The van der Waals surface area contributed by atoms with Crippen LogP contribution in [-0.2, 0) is 27.0 Å². The van der Waals surface area contributed by atoms with Crippen molar-refractivity contribution in [2.24, 2.45) is 0 Å². The van der Waals surface area contributed by atoms with E-state index in [0.29, 0.717) is 5.56 Å². The maximum atomic E-state index is 13.1. The second-order valence-electron chi connectivity index (χ2n) is 8.13. The number of nitrogens with one attached hydrogen (secondary N) is 2. The highest BCUT2D eigenvalue weighted by atomic mass is 19.4. The van der Waals surface area contributed by atoms with Crippen LogP contribution in [0.1, 0.15) is 49.2 Å². The second kappa shape index (κ2) is 10.4. The van der Waals surface area contributed by atoms with Crippen LogP contribution in [0.4, 0.5) is 23.7 Å². The topological polar surface area (TPSA) is 93.7 Å². The number of anilines is 1. The normalized spacial score (nSPS) is 12.5. The molecule has 1 unspecified atom stereocenters. The first-order chi connectivity index (χ1) is 15.3. The standard InChI is InChI=1S/C23H25F3N2O5/c1-14(19(29)28-18-8-6-5-7-17(18)23(24,25)26)32-20(30)16-11-9-15(10-12-16)13-27-21(31)33-22(2,3)4/h5-12,14H,13H2,1-4H3,(H,27,31)(H,28,29). The average molecular weight is 466 g/mol. The molecule has 0 aromatic heterocycles. The number of para-hydroxylation sites is 1. The summed E-state index contributed by atoms with van der Waals surface area (Å²) in [5, 5.41) is 4.72. The molecular formula is C23H25F3N2O5. The van der Waals surface area contributed by atoms with E-state index in [1.54, 1.807) is 32.9 Å². The molecule has 1 atom stereocenters. The summed E-state index contributed by atoms with van der Waals surface area (Å²) in [7, 11) is 0. The zero-order valence-corrected chi connectivity index (χ0v) is 18.6. The van der Waals surface area contributed by atoms with Crippen LogP contribution in [0.25, 0.3) is 0 Å². The molecule has 0 spiro atoms. The van der Waals surface area contributed by atoms with Crippen molar-refractivity contribution in [2.75, 3.05) is 5.32 Å². The zero-order chi connectivity index (χ0) is 24.8. The molecule has 0 radical (unpaired) electrons. The molecule has 2 N–H and O–H groups in total. The Bertz CT molecular complexity index is 998. The summed E-state index contributed by atoms with van der Waals surface area (Å²) in [6.07, 6.45) is -6.57. The van der Waals surface area contributed by atoms with Gasteiger partial charge in [0.05, 0.1) is 16.8 Å². The highest BCUT2D eigenvalue weighted by molar-refractivity contribution is 5.97. The van der Waals surface area contributed by atoms with E-state index in [-0.39, 0.29) is 12.1 Å². The van der Waals surface area contributed by atoms with Crippen LogP contribution in [0.15, 0.2) is 48.5 Å². The van der Waals surface area contributed by atoms with Crippen LogP contribution < -0.4 is 10.6 Å². The van der Waals surface area contributed by atoms with Gasteiger partial charge in [0.1, 0.15) is 5.60 Å². The smallest absolute Gasteiger partial charge is 0.418 e. The van der Waals surface area contributed by atoms with E-state index in [9.17, 15) is 27.6 Å². The predicted octanol–water partition coefficient (Wildman–Crippen LogP) is 4.91. The molecule has 0 fully saturated rings. The largest absolute Gasteiger partial charge is 0.449 e. The maximum absolute atomic E-state index is 13.1. The van der Waals surface area contributed by atoms with Crippen molar-refractivity contribution in [3.63, 3.8) is 0 Å². The predicted molar refractivity (Wildman–Crippen MR) is 114 cm³/mol. The Labute approximate surface area is 189 Å². The van der Waals surface area contributed by atoms with Crippen LogP contribution >= 0.6 is 0 Å². The van der Waals surface area contributed by atoms with Gasteiger partial charge in [0.25, 0.3) is 5.91 Å². The quantitative estimate of drug-likeness (QED) is 0.590. The second-order valence-corrected chi connectivity index (χ2v) is 8.13. The van der Waals surface area contributed by atoms with E-state index >= 15 is 0 Å². The maximum Gasteiger partial charge on any atom is 0.418 e. The summed E-state index contributed by atoms with van der Waals surface area (Å²) in [5.74, 6) is -1.73. The lowest BCUT2D eigenvalue weighted by Crippen LogP contribution is -2.32. The number of alkyl carbamates (subject to hydrolysis) is 1. The minimum atomic E-state index is -4.65. The average Bonchev–Trinajstić information content (AvgIpc) is 2.71. The van der Waals surface area contributed by atoms with Gasteiger partial charge in [-0.3, -0.25) is 4.79 Å². The summed E-state index contributed by atoms with van der Waals surface area (Å²) in [5.41, 5.74) is -1.25. The number of rotatable bonds is 6. The molecule has 178 valence electrons. The van der Waals surface area contributed by atoms with Crippen molar-refractivity contribution >= 4 is 23.7 Å². The Kier molecular flexibility index (Phi) is 8.08. The lowest BCUT2D eigenvalue weighted by Gasteiger charge is -2.19. The van der Waals surface area contributed by atoms with Crippen molar-refractivity contribution in [1.82, 2.24) is 5.32 Å². The van der Waals surface area contributed by atoms with Crippen molar-refractivity contribution in [2.45, 2.75) is 52.1 Å². The van der Waals surface area contributed by atoms with Crippen LogP contribution in [0.5, 0.6) is 0 Å². The molecule has 0 aliphatic rings. The van der Waals surface area contributed by atoms with E-state index in [0.717, 1.165) is 12.1 Å². The monoisotopic (exact) mass is 466 g/mol. The molecule has 2 amide bonds. The minimum Gasteiger partial charge on any atom is -0.449 e. The van der Waals surface area contributed by atoms with Gasteiger partial charge in [-0.05, 0) is 57.5 Å². The molecule has 10 heteroatoms. The molecule has 0 saturated heterocycles. The number of ether oxygens (including phenoxy) is 2. The lowest BCUT2D eigenvalue weighted by molar-refractivity contribution is -0.137. The SMILES string of the molecule is CC(OC(=O)c1ccc(CNC(=O)OC(C)(C)C)cc1)C(=O)Nc1ccccc1C(F)(F)F. The third-order valence-corrected chi connectivity index (χ3v) is 4.17. The molecule has 33 heavy (non-hydrogen) atoms. The van der Waals surface area contributed by atoms with Gasteiger partial charge in [-0.15, -0.1) is 0 Å². The molecular weight excluding hydrogens is 441 g/mol. The van der Waals surface area contributed by atoms with E-state index in [1.165, 1.54) is 31.2 Å². The summed E-state index contributed by atoms with van der Waals surface area (Å²) in [4.78, 5) is 36.2. The zero-order valence-electron chi connectivity index (χ0n) is 18.6. The van der Waals surface area contributed by atoms with Crippen LogP contribution in [-0.4, -0.2) is 29.7 Å². The van der Waals surface area contributed by atoms with Gasteiger partial charge in [-0.2, -0.15) is 13.2 Å². The summed E-state index contributed by atoms with van der Waals surface area (Å²) < 4.78 is 49.4. The number of alkyl halides is 3. The van der Waals surface area contributed by atoms with Gasteiger partial charge in [0.15, 0.2) is 6.10 Å². The molecule has 0 aliphatic carbocycles. The molecule has 0 aliphatic heterocycles. The third-order valence-electron chi connectivity index (χ3n) is 4.17. The van der Waals surface area contributed by atoms with Gasteiger partial charge in [-0.1, -0.05) is 24.3 Å². The van der Waals surface area contributed by atoms with Gasteiger partial charge in [0.2, 0.25) is 0 Å². The fraction of sp³-hybridized carbons (Fsp3) is 0.348. The summed E-state index contributed by atoms with van der Waals surface area (Å²) in [6, 6.07) is 10.5. The van der Waals surface area contributed by atoms with Crippen molar-refractivity contribution < 1.29 is 37.0 Å². The van der Waals surface area contributed by atoms with E-state index in [4.69, 9.17) is 9.47 Å². The summed E-state index contributed by atoms with van der Waals surface area (Å²) in [6.45, 7) is 6.64. The van der Waals surface area contributed by atoms with Crippen LogP contribution in [0.3, 0.4) is 0 Å². The van der Waals surface area contributed by atoms with E-state index in [1.807, 2.05) is 0 Å². The Morgan fingerprint density at radius 1 is 0.970 bits per heavy atom. The van der Waals surface area contributed by atoms with Gasteiger partial charge >= 0.3 is 18.2 Å². The number of carbonyl (C=O) groups is 3. The van der Waals surface area contributed by atoms with Crippen molar-refractivity contribution in [1.29, 1.82) is 0 Å². The van der Waals surface area contributed by atoms with Crippen LogP contribution in [0.2, 0.25) is 0 Å². The van der Waals surface area contributed by atoms with Crippen molar-refractivity contribution in [3.05, 3.63) is 65.2 Å². The van der Waals surface area contributed by atoms with Crippen LogP contribution in [0, 0.1) is 0 Å². The number of amides is 2. The molecule has 2 rings (SSSR count). The first kappa shape index (κ1) is 25.7. The fourth-order valence-corrected chi connectivity index (χ4v) is 2.60. The number of hydrogen-bond acceptors (Lipinski definition) is 5. The Morgan fingerprint density at radius 3 is 2.15 bits per heavy atom. The van der Waals surface area contributed by atoms with Crippen molar-refractivity contribution in [3.8, 4) is 0 Å². The summed E-state index contributed by atoms with van der Waals surface area (Å²) >= 11 is 0. The molecule has 0 bridgehead atoms. The first-order valence-corrected chi connectivity index (χ1v) is 10.00. The first-order valence-electron chi connectivity index (χ1n) is 10.00. The van der Waals surface area contributed by atoms with Gasteiger partial charge in [0, 0.05) is 6.54 Å². The van der Waals surface area contributed by atoms with Gasteiger partial charge < -0.3 is 20.1 Å². The molecule has 7 nitrogen and oxygen atoms in total. The fourth-order valence-electron chi connectivity index (χ4n) is 2.60. The van der Waals surface area contributed by atoms with E-state index in [2.05, 4.69) is 10.6 Å². The number of halogens is 3. The molecule has 0 saturated carbocycles. The van der Waals surface area contributed by atoms with Gasteiger partial charge in [-0.25, -0.2) is 9.59 Å². The molecule has 0 heterocycles. The third kappa shape index (κ3) is 8.13. The number of esters is 1. The Hall–Kier alpha value is -3.56. The lowest BCUT2D eigenvalue weighted by atomic mass is 10.1.